The standard InChI is InChI=1S/C19H21N3O2S/c1-14-7-6-8-16(11-14)22-15(2)20-21-19(22)25-13-17(23)12-24-18-9-4-3-5-10-18/h3-11,17,23H,12-13H2,1-2H3/t17-/m1/s1. The molecule has 0 aliphatic heterocycles. The summed E-state index contributed by atoms with van der Waals surface area (Å²) in [5.41, 5.74) is 2.21. The van der Waals surface area contributed by atoms with Crippen molar-refractivity contribution in [2.45, 2.75) is 25.1 Å². The summed E-state index contributed by atoms with van der Waals surface area (Å²) in [6.45, 7) is 4.23. The second-order valence-corrected chi connectivity index (χ2v) is 6.78. The van der Waals surface area contributed by atoms with Crippen molar-refractivity contribution in [1.82, 2.24) is 14.8 Å². The number of ether oxygens (including phenoxy) is 1. The lowest BCUT2D eigenvalue weighted by Crippen LogP contribution is -2.20. The Morgan fingerprint density at radius 2 is 1.88 bits per heavy atom. The number of nitrogens with zero attached hydrogens (tertiary/aromatic N) is 3. The second kappa shape index (κ2) is 8.18. The first-order chi connectivity index (χ1) is 12.1. The minimum absolute atomic E-state index is 0.245. The number of thioether (sulfide) groups is 1. The molecule has 25 heavy (non-hydrogen) atoms. The molecule has 3 rings (SSSR count). The molecule has 0 amide bonds. The minimum Gasteiger partial charge on any atom is -0.491 e. The highest BCUT2D eigenvalue weighted by Gasteiger charge is 2.14. The number of para-hydroxylation sites is 1. The third-order valence-corrected chi connectivity index (χ3v) is 4.72. The van der Waals surface area contributed by atoms with E-state index >= 15 is 0 Å². The predicted molar refractivity (Wildman–Crippen MR) is 99.5 cm³/mol. The molecule has 0 spiro atoms. The highest BCUT2D eigenvalue weighted by Crippen LogP contribution is 2.23. The van der Waals surface area contributed by atoms with Crippen LogP contribution >= 0.6 is 11.8 Å². The zero-order valence-corrected chi connectivity index (χ0v) is 15.1. The molecule has 5 nitrogen and oxygen atoms in total. The van der Waals surface area contributed by atoms with Crippen molar-refractivity contribution < 1.29 is 9.84 Å². The van der Waals surface area contributed by atoms with Crippen LogP contribution in [0.5, 0.6) is 5.75 Å². The molecule has 6 heteroatoms. The normalized spacial score (nSPS) is 12.1. The Labute approximate surface area is 151 Å². The number of aliphatic hydroxyl groups excluding tert-OH is 1. The van der Waals surface area contributed by atoms with Crippen molar-refractivity contribution in [3.63, 3.8) is 0 Å². The van der Waals surface area contributed by atoms with E-state index in [-0.39, 0.29) is 6.61 Å². The molecule has 130 valence electrons. The highest BCUT2D eigenvalue weighted by molar-refractivity contribution is 7.99. The molecule has 0 aliphatic carbocycles. The van der Waals surface area contributed by atoms with Gasteiger partial charge in [-0.3, -0.25) is 4.57 Å². The first-order valence-corrected chi connectivity index (χ1v) is 9.10. The van der Waals surface area contributed by atoms with Crippen molar-refractivity contribution >= 4 is 11.8 Å². The average Bonchev–Trinajstić information content (AvgIpc) is 2.99. The smallest absolute Gasteiger partial charge is 0.195 e. The van der Waals surface area contributed by atoms with E-state index in [1.807, 2.05) is 54.0 Å². The topological polar surface area (TPSA) is 60.2 Å². The van der Waals surface area contributed by atoms with E-state index in [9.17, 15) is 5.11 Å². The van der Waals surface area contributed by atoms with E-state index in [1.165, 1.54) is 17.3 Å². The van der Waals surface area contributed by atoms with E-state index in [0.29, 0.717) is 5.75 Å². The van der Waals surface area contributed by atoms with E-state index in [0.717, 1.165) is 22.4 Å². The van der Waals surface area contributed by atoms with Gasteiger partial charge in [-0.2, -0.15) is 0 Å². The molecule has 3 aromatic rings. The van der Waals surface area contributed by atoms with E-state index in [1.54, 1.807) is 0 Å². The van der Waals surface area contributed by atoms with Crippen LogP contribution in [0.15, 0.2) is 59.8 Å². The van der Waals surface area contributed by atoms with Gasteiger partial charge in [0.05, 0.1) is 6.10 Å². The minimum atomic E-state index is -0.590. The van der Waals surface area contributed by atoms with Gasteiger partial charge in [0.2, 0.25) is 0 Å². The molecular formula is C19H21N3O2S. The Morgan fingerprint density at radius 1 is 1.08 bits per heavy atom. The molecule has 0 fully saturated rings. The SMILES string of the molecule is Cc1cccc(-n2c(C)nnc2SC[C@H](O)COc2ccccc2)c1. The lowest BCUT2D eigenvalue weighted by molar-refractivity contribution is 0.126. The zero-order valence-electron chi connectivity index (χ0n) is 14.3. The molecule has 1 aromatic heterocycles. The van der Waals surface area contributed by atoms with Gasteiger partial charge in [-0.25, -0.2) is 0 Å². The van der Waals surface area contributed by atoms with Crippen LogP contribution in [0.4, 0.5) is 0 Å². The Hall–Kier alpha value is -2.31. The first-order valence-electron chi connectivity index (χ1n) is 8.11. The predicted octanol–water partition coefficient (Wildman–Crippen LogP) is 3.42. The zero-order chi connectivity index (χ0) is 17.6. The Kier molecular flexibility index (Phi) is 5.73. The number of aromatic nitrogens is 3. The van der Waals surface area contributed by atoms with Gasteiger partial charge in [0, 0.05) is 11.4 Å². The average molecular weight is 355 g/mol. The molecule has 0 saturated heterocycles. The third kappa shape index (κ3) is 4.61. The summed E-state index contributed by atoms with van der Waals surface area (Å²) in [7, 11) is 0. The van der Waals surface area contributed by atoms with E-state index < -0.39 is 6.10 Å². The summed E-state index contributed by atoms with van der Waals surface area (Å²) in [5, 5.41) is 19.4. The van der Waals surface area contributed by atoms with Gasteiger partial charge in [0.15, 0.2) is 5.16 Å². The lowest BCUT2D eigenvalue weighted by Gasteiger charge is -2.13. The van der Waals surface area contributed by atoms with Crippen molar-refractivity contribution in [1.29, 1.82) is 0 Å². The number of aliphatic hydroxyl groups is 1. The molecule has 0 unspecified atom stereocenters. The number of hydrogen-bond donors (Lipinski definition) is 1. The fourth-order valence-corrected chi connectivity index (χ4v) is 3.33. The van der Waals surface area contributed by atoms with Gasteiger partial charge in [-0.1, -0.05) is 42.1 Å². The molecule has 0 aliphatic rings. The maximum Gasteiger partial charge on any atom is 0.195 e. The molecule has 0 radical (unpaired) electrons. The number of rotatable bonds is 7. The number of hydrogen-bond acceptors (Lipinski definition) is 5. The Morgan fingerprint density at radius 3 is 2.64 bits per heavy atom. The second-order valence-electron chi connectivity index (χ2n) is 5.79. The van der Waals surface area contributed by atoms with Gasteiger partial charge < -0.3 is 9.84 Å². The van der Waals surface area contributed by atoms with E-state index in [4.69, 9.17) is 4.74 Å². The number of benzene rings is 2. The fraction of sp³-hybridized carbons (Fsp3) is 0.263. The molecule has 1 N–H and O–H groups in total. The van der Waals surface area contributed by atoms with Gasteiger partial charge in [-0.15, -0.1) is 10.2 Å². The van der Waals surface area contributed by atoms with Crippen LogP contribution in [-0.4, -0.2) is 38.3 Å². The lowest BCUT2D eigenvalue weighted by atomic mass is 10.2. The number of aryl methyl sites for hydroxylation is 2. The van der Waals surface area contributed by atoms with Gasteiger partial charge in [0.25, 0.3) is 0 Å². The van der Waals surface area contributed by atoms with Crippen molar-refractivity contribution in [2.75, 3.05) is 12.4 Å². The Bertz CT molecular complexity index is 821. The summed E-state index contributed by atoms with van der Waals surface area (Å²) in [4.78, 5) is 0. The van der Waals surface area contributed by atoms with Gasteiger partial charge in [0.1, 0.15) is 18.2 Å². The van der Waals surface area contributed by atoms with Gasteiger partial charge >= 0.3 is 0 Å². The molecule has 1 heterocycles. The highest BCUT2D eigenvalue weighted by atomic mass is 32.2. The molecule has 2 aromatic carbocycles. The van der Waals surface area contributed by atoms with Crippen LogP contribution in [0, 0.1) is 13.8 Å². The van der Waals surface area contributed by atoms with Crippen LogP contribution in [0.3, 0.4) is 0 Å². The largest absolute Gasteiger partial charge is 0.491 e. The van der Waals surface area contributed by atoms with E-state index in [2.05, 4.69) is 29.3 Å². The van der Waals surface area contributed by atoms with Crippen molar-refractivity contribution in [2.24, 2.45) is 0 Å². The van der Waals surface area contributed by atoms with Crippen LogP contribution in [0.1, 0.15) is 11.4 Å². The van der Waals surface area contributed by atoms with Crippen molar-refractivity contribution in [3.05, 3.63) is 66.0 Å². The third-order valence-electron chi connectivity index (χ3n) is 3.65. The van der Waals surface area contributed by atoms with Crippen LogP contribution in [0.25, 0.3) is 5.69 Å². The maximum absolute atomic E-state index is 10.2. The molecule has 0 saturated carbocycles. The summed E-state index contributed by atoms with van der Waals surface area (Å²) < 4.78 is 7.59. The molecule has 0 bridgehead atoms. The van der Waals surface area contributed by atoms with Crippen LogP contribution in [-0.2, 0) is 0 Å². The van der Waals surface area contributed by atoms with Crippen molar-refractivity contribution in [3.8, 4) is 11.4 Å². The summed E-state index contributed by atoms with van der Waals surface area (Å²) in [5.74, 6) is 2.06. The molecular weight excluding hydrogens is 334 g/mol. The monoisotopic (exact) mass is 355 g/mol. The van der Waals surface area contributed by atoms with Crippen LogP contribution in [0.2, 0.25) is 0 Å². The quantitative estimate of drug-likeness (QED) is 0.658. The summed E-state index contributed by atoms with van der Waals surface area (Å²) >= 11 is 1.47. The summed E-state index contributed by atoms with van der Waals surface area (Å²) in [6.07, 6.45) is -0.590. The fourth-order valence-electron chi connectivity index (χ4n) is 2.43. The Balaban J connectivity index is 1.62. The first kappa shape index (κ1) is 17.5. The van der Waals surface area contributed by atoms with Gasteiger partial charge in [-0.05, 0) is 43.7 Å². The summed E-state index contributed by atoms with van der Waals surface area (Å²) in [6, 6.07) is 17.7. The molecule has 1 atom stereocenters. The maximum atomic E-state index is 10.2. The van der Waals surface area contributed by atoms with Crippen LogP contribution < -0.4 is 4.74 Å².